The molecule has 0 saturated heterocycles. The Balaban J connectivity index is 1.93. The van der Waals surface area contributed by atoms with Crippen LogP contribution < -0.4 is 5.32 Å². The third kappa shape index (κ3) is 2.60. The van der Waals surface area contributed by atoms with Crippen molar-refractivity contribution in [3.63, 3.8) is 0 Å². The molecular formula is C15H13ClN4O2. The number of anilines is 1. The largest absolute Gasteiger partial charge is 0.349 e. The Labute approximate surface area is 131 Å². The summed E-state index contributed by atoms with van der Waals surface area (Å²) in [4.78, 5) is 12.3. The first-order valence-corrected chi connectivity index (χ1v) is 6.99. The van der Waals surface area contributed by atoms with Gasteiger partial charge in [0.1, 0.15) is 10.8 Å². The van der Waals surface area contributed by atoms with Gasteiger partial charge < -0.3 is 9.84 Å². The molecule has 0 fully saturated rings. The molecule has 112 valence electrons. The SMILES string of the molecule is Cc1cc(NC(=O)c2onc(C)c2Cl)n(-c2ccccc2)n1. The second kappa shape index (κ2) is 5.65. The summed E-state index contributed by atoms with van der Waals surface area (Å²) in [5, 5.41) is 11.0. The number of aryl methyl sites for hydroxylation is 2. The molecule has 0 aliphatic carbocycles. The van der Waals surface area contributed by atoms with E-state index in [0.29, 0.717) is 11.5 Å². The van der Waals surface area contributed by atoms with E-state index in [1.54, 1.807) is 17.7 Å². The normalized spacial score (nSPS) is 10.7. The zero-order valence-electron chi connectivity index (χ0n) is 12.0. The maximum absolute atomic E-state index is 12.3. The van der Waals surface area contributed by atoms with Crippen molar-refractivity contribution in [2.24, 2.45) is 0 Å². The summed E-state index contributed by atoms with van der Waals surface area (Å²) in [5.74, 6) is 0.0409. The topological polar surface area (TPSA) is 73.0 Å². The van der Waals surface area contributed by atoms with Gasteiger partial charge in [0.05, 0.1) is 17.1 Å². The highest BCUT2D eigenvalue weighted by Crippen LogP contribution is 2.22. The third-order valence-electron chi connectivity index (χ3n) is 3.07. The molecule has 0 aliphatic heterocycles. The summed E-state index contributed by atoms with van der Waals surface area (Å²) >= 11 is 5.99. The number of halogens is 1. The van der Waals surface area contributed by atoms with Gasteiger partial charge in [-0.2, -0.15) is 5.10 Å². The van der Waals surface area contributed by atoms with Gasteiger partial charge in [-0.05, 0) is 26.0 Å². The van der Waals surface area contributed by atoms with E-state index in [9.17, 15) is 4.79 Å². The van der Waals surface area contributed by atoms with E-state index in [-0.39, 0.29) is 10.8 Å². The van der Waals surface area contributed by atoms with Crippen molar-refractivity contribution in [3.05, 3.63) is 58.6 Å². The first-order chi connectivity index (χ1) is 10.6. The van der Waals surface area contributed by atoms with E-state index >= 15 is 0 Å². The molecule has 0 saturated carbocycles. The molecule has 3 aromatic rings. The standard InChI is InChI=1S/C15H13ClN4O2/c1-9-8-12(20(18-9)11-6-4-3-5-7-11)17-15(21)14-13(16)10(2)19-22-14/h3-8H,1-2H3,(H,17,21). The summed E-state index contributed by atoms with van der Waals surface area (Å²) in [7, 11) is 0. The molecule has 1 N–H and O–H groups in total. The molecule has 0 spiro atoms. The van der Waals surface area contributed by atoms with Gasteiger partial charge in [0.25, 0.3) is 5.91 Å². The fourth-order valence-electron chi connectivity index (χ4n) is 2.03. The Morgan fingerprint density at radius 1 is 1.27 bits per heavy atom. The smallest absolute Gasteiger partial charge is 0.297 e. The van der Waals surface area contributed by atoms with Crippen LogP contribution in [0.25, 0.3) is 5.69 Å². The highest BCUT2D eigenvalue weighted by Gasteiger charge is 2.20. The summed E-state index contributed by atoms with van der Waals surface area (Å²) in [6.45, 7) is 3.52. The van der Waals surface area contributed by atoms with Crippen LogP contribution in [0.15, 0.2) is 40.9 Å². The summed E-state index contributed by atoms with van der Waals surface area (Å²) in [6.07, 6.45) is 0. The lowest BCUT2D eigenvalue weighted by atomic mass is 10.3. The number of carbonyl (C=O) groups excluding carboxylic acids is 1. The van der Waals surface area contributed by atoms with Crippen LogP contribution in [0.5, 0.6) is 0 Å². The van der Waals surface area contributed by atoms with Crippen molar-refractivity contribution in [1.82, 2.24) is 14.9 Å². The molecular weight excluding hydrogens is 304 g/mol. The van der Waals surface area contributed by atoms with Crippen molar-refractivity contribution in [3.8, 4) is 5.69 Å². The van der Waals surface area contributed by atoms with Crippen LogP contribution in [0, 0.1) is 13.8 Å². The van der Waals surface area contributed by atoms with Crippen molar-refractivity contribution in [1.29, 1.82) is 0 Å². The molecule has 0 radical (unpaired) electrons. The van der Waals surface area contributed by atoms with E-state index < -0.39 is 5.91 Å². The van der Waals surface area contributed by atoms with E-state index in [4.69, 9.17) is 16.1 Å². The van der Waals surface area contributed by atoms with Crippen molar-refractivity contribution in [2.75, 3.05) is 5.32 Å². The molecule has 1 aromatic carbocycles. The minimum Gasteiger partial charge on any atom is -0.349 e. The van der Waals surface area contributed by atoms with Crippen molar-refractivity contribution >= 4 is 23.3 Å². The Morgan fingerprint density at radius 2 is 2.00 bits per heavy atom. The summed E-state index contributed by atoms with van der Waals surface area (Å²) in [5.41, 5.74) is 2.09. The van der Waals surface area contributed by atoms with Crippen LogP contribution in [0.3, 0.4) is 0 Å². The fourth-order valence-corrected chi connectivity index (χ4v) is 2.18. The van der Waals surface area contributed by atoms with Crippen LogP contribution in [0.4, 0.5) is 5.82 Å². The van der Waals surface area contributed by atoms with E-state index in [1.807, 2.05) is 37.3 Å². The third-order valence-corrected chi connectivity index (χ3v) is 3.52. The Kier molecular flexibility index (Phi) is 3.68. The Morgan fingerprint density at radius 3 is 2.64 bits per heavy atom. The lowest BCUT2D eigenvalue weighted by molar-refractivity contribution is 0.0987. The molecule has 2 aromatic heterocycles. The first kappa shape index (κ1) is 14.3. The maximum Gasteiger partial charge on any atom is 0.297 e. The van der Waals surface area contributed by atoms with Gasteiger partial charge >= 0.3 is 0 Å². The van der Waals surface area contributed by atoms with Crippen molar-refractivity contribution < 1.29 is 9.32 Å². The molecule has 0 bridgehead atoms. The monoisotopic (exact) mass is 316 g/mol. The number of carbonyl (C=O) groups is 1. The van der Waals surface area contributed by atoms with E-state index in [0.717, 1.165) is 11.4 Å². The van der Waals surface area contributed by atoms with Gasteiger partial charge in [0.15, 0.2) is 0 Å². The van der Waals surface area contributed by atoms with Crippen molar-refractivity contribution in [2.45, 2.75) is 13.8 Å². The highest BCUT2D eigenvalue weighted by molar-refractivity contribution is 6.34. The molecule has 1 amide bonds. The number of nitrogens with zero attached hydrogens (tertiary/aromatic N) is 3. The number of para-hydroxylation sites is 1. The van der Waals surface area contributed by atoms with Crippen LogP contribution in [-0.2, 0) is 0 Å². The van der Waals surface area contributed by atoms with Crippen LogP contribution >= 0.6 is 11.6 Å². The predicted molar refractivity (Wildman–Crippen MR) is 82.5 cm³/mol. The molecule has 7 heteroatoms. The van der Waals surface area contributed by atoms with Gasteiger partial charge in [-0.15, -0.1) is 0 Å². The van der Waals surface area contributed by atoms with E-state index in [1.165, 1.54) is 0 Å². The number of aromatic nitrogens is 3. The minimum atomic E-state index is -0.470. The lowest BCUT2D eigenvalue weighted by Crippen LogP contribution is -2.15. The number of hydrogen-bond donors (Lipinski definition) is 1. The molecule has 0 unspecified atom stereocenters. The zero-order chi connectivity index (χ0) is 15.7. The molecule has 0 aliphatic rings. The van der Waals surface area contributed by atoms with Gasteiger partial charge in [0.2, 0.25) is 5.76 Å². The van der Waals surface area contributed by atoms with E-state index in [2.05, 4.69) is 15.6 Å². The second-order valence-corrected chi connectivity index (χ2v) is 5.16. The number of rotatable bonds is 3. The molecule has 6 nitrogen and oxygen atoms in total. The minimum absolute atomic E-state index is 0.0161. The number of nitrogens with one attached hydrogen (secondary N) is 1. The fraction of sp³-hybridized carbons (Fsp3) is 0.133. The Bertz CT molecular complexity index is 823. The lowest BCUT2D eigenvalue weighted by Gasteiger charge is -2.07. The van der Waals surface area contributed by atoms with Crippen LogP contribution in [0.1, 0.15) is 21.9 Å². The van der Waals surface area contributed by atoms with Crippen LogP contribution in [-0.4, -0.2) is 20.8 Å². The van der Waals surface area contributed by atoms with Gasteiger partial charge in [0, 0.05) is 6.07 Å². The quantitative estimate of drug-likeness (QED) is 0.804. The molecule has 2 heterocycles. The molecule has 22 heavy (non-hydrogen) atoms. The summed E-state index contributed by atoms with van der Waals surface area (Å²) in [6, 6.07) is 11.3. The van der Waals surface area contributed by atoms with Gasteiger partial charge in [-0.3, -0.25) is 4.79 Å². The van der Waals surface area contributed by atoms with Gasteiger partial charge in [-0.1, -0.05) is 35.0 Å². The zero-order valence-corrected chi connectivity index (χ0v) is 12.8. The summed E-state index contributed by atoms with van der Waals surface area (Å²) < 4.78 is 6.60. The average Bonchev–Trinajstić information content (AvgIpc) is 3.03. The first-order valence-electron chi connectivity index (χ1n) is 6.61. The molecule has 0 atom stereocenters. The van der Waals surface area contributed by atoms with Crippen LogP contribution in [0.2, 0.25) is 5.02 Å². The predicted octanol–water partition coefficient (Wildman–Crippen LogP) is 3.38. The maximum atomic E-state index is 12.3. The second-order valence-electron chi connectivity index (χ2n) is 4.78. The number of hydrogen-bond acceptors (Lipinski definition) is 4. The number of amides is 1. The average molecular weight is 317 g/mol. The number of benzene rings is 1. The van der Waals surface area contributed by atoms with Gasteiger partial charge in [-0.25, -0.2) is 4.68 Å². The Hall–Kier alpha value is -2.60. The highest BCUT2D eigenvalue weighted by atomic mass is 35.5. The molecule has 3 rings (SSSR count).